The number of allylic oxidation sites excluding steroid dienone is 6. The third-order valence-electron chi connectivity index (χ3n) is 4.47. The van der Waals surface area contributed by atoms with Gasteiger partial charge in [-0.15, -0.1) is 0 Å². The van der Waals surface area contributed by atoms with Crippen molar-refractivity contribution in [2.45, 2.75) is 37.8 Å². The summed E-state index contributed by atoms with van der Waals surface area (Å²) in [4.78, 5) is 3.94. The molecule has 1 aromatic rings. The van der Waals surface area contributed by atoms with Gasteiger partial charge in [-0.25, -0.2) is 0 Å². The van der Waals surface area contributed by atoms with E-state index in [1.54, 1.807) is 48.8 Å². The molecule has 3 unspecified atom stereocenters. The van der Waals surface area contributed by atoms with Gasteiger partial charge in [-0.2, -0.15) is 0 Å². The molecule has 1 saturated heterocycles. The average Bonchev–Trinajstić information content (AvgIpc) is 3.33. The van der Waals surface area contributed by atoms with Gasteiger partial charge in [0.15, 0.2) is 6.29 Å². The van der Waals surface area contributed by atoms with Gasteiger partial charge in [-0.3, -0.25) is 9.69 Å². The Bertz CT molecular complexity index is 757. The van der Waals surface area contributed by atoms with Crippen molar-refractivity contribution in [2.24, 2.45) is 5.73 Å². The van der Waals surface area contributed by atoms with Crippen LogP contribution in [0.1, 0.15) is 18.4 Å². The number of hydrogen-bond donors (Lipinski definition) is 3. The smallest absolute Gasteiger partial charge is 0.174 e. The minimum Gasteiger partial charge on any atom is -0.388 e. The summed E-state index contributed by atoms with van der Waals surface area (Å²) in [5, 5.41) is 19.4. The number of hydrogen-bond acceptors (Lipinski definition) is 6. The predicted molar refractivity (Wildman–Crippen MR) is 132 cm³/mol. The van der Waals surface area contributed by atoms with Crippen molar-refractivity contribution in [1.29, 1.82) is 0 Å². The number of ether oxygens (including phenoxy) is 2. The third kappa shape index (κ3) is 14.9. The highest BCUT2D eigenvalue weighted by atomic mass is 19.0. The molecule has 1 aliphatic heterocycles. The van der Waals surface area contributed by atoms with Gasteiger partial charge >= 0.3 is 0 Å². The first-order valence-corrected chi connectivity index (χ1v) is 10.7. The Morgan fingerprint density at radius 3 is 2.58 bits per heavy atom. The Hall–Kier alpha value is -2.68. The van der Waals surface area contributed by atoms with E-state index in [0.29, 0.717) is 19.6 Å². The van der Waals surface area contributed by atoms with Crippen LogP contribution < -0.4 is 5.73 Å². The summed E-state index contributed by atoms with van der Waals surface area (Å²) in [5.41, 5.74) is 7.17. The van der Waals surface area contributed by atoms with Crippen molar-refractivity contribution in [1.82, 2.24) is 4.98 Å². The van der Waals surface area contributed by atoms with Crippen LogP contribution in [0.25, 0.3) is 0 Å². The maximum Gasteiger partial charge on any atom is 0.174 e. The van der Waals surface area contributed by atoms with Crippen LogP contribution in [0.3, 0.4) is 0 Å². The van der Waals surface area contributed by atoms with E-state index in [4.69, 9.17) is 15.2 Å². The molecule has 33 heavy (non-hydrogen) atoms. The molecular weight excluding hydrogens is 423 g/mol. The second kappa shape index (κ2) is 20.0. The lowest BCUT2D eigenvalue weighted by Crippen LogP contribution is -2.19. The van der Waals surface area contributed by atoms with E-state index in [0.717, 1.165) is 30.6 Å². The van der Waals surface area contributed by atoms with Crippen LogP contribution in [0.5, 0.6) is 0 Å². The van der Waals surface area contributed by atoms with Gasteiger partial charge in [0.2, 0.25) is 0 Å². The zero-order chi connectivity index (χ0) is 23.4. The molecule has 1 fully saturated rings. The van der Waals surface area contributed by atoms with Gasteiger partial charge < -0.3 is 25.4 Å². The van der Waals surface area contributed by atoms with Gasteiger partial charge in [-0.1, -0.05) is 61.8 Å². The Morgan fingerprint density at radius 1 is 1.21 bits per heavy atom. The van der Waals surface area contributed by atoms with Gasteiger partial charge in [0.25, 0.3) is 0 Å². The van der Waals surface area contributed by atoms with Crippen molar-refractivity contribution in [3.8, 4) is 0 Å². The zero-order valence-electron chi connectivity index (χ0n) is 19.0. The molecule has 0 saturated carbocycles. The van der Waals surface area contributed by atoms with Gasteiger partial charge in [0.05, 0.1) is 18.8 Å². The van der Waals surface area contributed by atoms with E-state index in [9.17, 15) is 10.2 Å². The SMILES string of the molecule is C=C/C(=C\C=C\CN)C(O)Cc1ccncc1.C=C/C=C\C=C\C(O)OCC1CCCO1.F. The molecule has 2 rings (SSSR count). The summed E-state index contributed by atoms with van der Waals surface area (Å²) >= 11 is 0. The summed E-state index contributed by atoms with van der Waals surface area (Å²) in [6, 6.07) is 3.78. The third-order valence-corrected chi connectivity index (χ3v) is 4.47. The van der Waals surface area contributed by atoms with E-state index >= 15 is 0 Å². The van der Waals surface area contributed by atoms with Crippen LogP contribution in [-0.2, 0) is 15.9 Å². The Morgan fingerprint density at radius 2 is 1.97 bits per heavy atom. The zero-order valence-corrected chi connectivity index (χ0v) is 19.0. The number of nitrogens with two attached hydrogens (primary N) is 1. The highest BCUT2D eigenvalue weighted by Crippen LogP contribution is 2.12. The average molecular weight is 461 g/mol. The number of aliphatic hydroxyl groups is 2. The first kappa shape index (κ1) is 30.3. The van der Waals surface area contributed by atoms with E-state index in [-0.39, 0.29) is 10.8 Å². The monoisotopic (exact) mass is 460 g/mol. The molecule has 0 amide bonds. The maximum absolute atomic E-state index is 10.0. The van der Waals surface area contributed by atoms with E-state index in [1.165, 1.54) is 0 Å². The molecule has 7 heteroatoms. The largest absolute Gasteiger partial charge is 0.388 e. The van der Waals surface area contributed by atoms with E-state index in [2.05, 4.69) is 18.1 Å². The summed E-state index contributed by atoms with van der Waals surface area (Å²) in [6.45, 7) is 8.98. The van der Waals surface area contributed by atoms with Crippen LogP contribution in [0, 0.1) is 0 Å². The Labute approximate surface area is 196 Å². The van der Waals surface area contributed by atoms with Crippen molar-refractivity contribution in [2.75, 3.05) is 19.8 Å². The van der Waals surface area contributed by atoms with Crippen molar-refractivity contribution in [3.63, 3.8) is 0 Å². The summed E-state index contributed by atoms with van der Waals surface area (Å²) in [7, 11) is 0. The lowest BCUT2D eigenvalue weighted by molar-refractivity contribution is -0.0946. The first-order valence-electron chi connectivity index (χ1n) is 10.7. The molecule has 0 radical (unpaired) electrons. The topological polar surface area (TPSA) is 97.8 Å². The number of nitrogens with zero attached hydrogens (tertiary/aromatic N) is 1. The lowest BCUT2D eigenvalue weighted by atomic mass is 10.0. The Balaban J connectivity index is 0.000000607. The fourth-order valence-electron chi connectivity index (χ4n) is 2.77. The number of rotatable bonds is 12. The minimum absolute atomic E-state index is 0. The van der Waals surface area contributed by atoms with E-state index in [1.807, 2.05) is 30.4 Å². The number of aliphatic hydroxyl groups excluding tert-OH is 2. The van der Waals surface area contributed by atoms with Gasteiger partial charge in [-0.05, 0) is 42.2 Å². The maximum atomic E-state index is 10.0. The van der Waals surface area contributed by atoms with Gasteiger partial charge in [0.1, 0.15) is 0 Å². The molecule has 1 aromatic heterocycles. The lowest BCUT2D eigenvalue weighted by Gasteiger charge is -2.12. The van der Waals surface area contributed by atoms with Crippen LogP contribution >= 0.6 is 0 Å². The van der Waals surface area contributed by atoms with Crippen LogP contribution in [0.15, 0.2) is 97.9 Å². The molecule has 182 valence electrons. The van der Waals surface area contributed by atoms with Gasteiger partial charge in [0, 0.05) is 32.0 Å². The van der Waals surface area contributed by atoms with Crippen molar-refractivity contribution < 1.29 is 24.4 Å². The fraction of sp³-hybridized carbons (Fsp3) is 0.346. The highest BCUT2D eigenvalue weighted by molar-refractivity contribution is 5.28. The molecule has 6 nitrogen and oxygen atoms in total. The minimum atomic E-state index is -0.858. The highest BCUT2D eigenvalue weighted by Gasteiger charge is 2.16. The van der Waals surface area contributed by atoms with Crippen molar-refractivity contribution in [3.05, 3.63) is 104 Å². The summed E-state index contributed by atoms with van der Waals surface area (Å²) in [6.07, 6.45) is 20.5. The molecule has 4 N–H and O–H groups in total. The second-order valence-corrected chi connectivity index (χ2v) is 6.97. The second-order valence-electron chi connectivity index (χ2n) is 6.97. The molecule has 0 aromatic carbocycles. The number of halogens is 1. The first-order chi connectivity index (χ1) is 15.6. The van der Waals surface area contributed by atoms with Crippen LogP contribution in [0.4, 0.5) is 4.70 Å². The van der Waals surface area contributed by atoms with Crippen LogP contribution in [0.2, 0.25) is 0 Å². The molecule has 0 spiro atoms. The molecule has 0 aliphatic carbocycles. The molecule has 2 heterocycles. The molecular formula is C26H37FN2O4. The fourth-order valence-corrected chi connectivity index (χ4v) is 2.77. The number of pyridine rings is 1. The quantitative estimate of drug-likeness (QED) is 0.326. The standard InChI is InChI=1S/C14H18N2O.C12H18O3.FH/c1-2-13(5-3-4-8-15)14(17)11-12-6-9-16-10-7-12;1-2-3-4-5-8-12(13)15-10-11-7-6-9-14-11;/h2-7,9-10,14,17H,1,8,11,15H2;2-5,8,11-13H,1,6-7,9-10H2;1H/b4-3+,13-5+;4-3-,8-5+;. The molecule has 3 atom stereocenters. The molecule has 0 bridgehead atoms. The summed E-state index contributed by atoms with van der Waals surface area (Å²) < 4.78 is 10.5. The Kier molecular flexibility index (Phi) is 18.3. The normalized spacial score (nSPS) is 18.0. The number of aromatic nitrogens is 1. The van der Waals surface area contributed by atoms with E-state index < -0.39 is 12.4 Å². The molecule has 1 aliphatic rings. The van der Waals surface area contributed by atoms with Crippen LogP contribution in [-0.4, -0.2) is 53.5 Å². The predicted octanol–water partition coefficient (Wildman–Crippen LogP) is 3.56. The summed E-state index contributed by atoms with van der Waals surface area (Å²) in [5.74, 6) is 0. The van der Waals surface area contributed by atoms with Crippen molar-refractivity contribution >= 4 is 0 Å².